The highest BCUT2D eigenvalue weighted by Gasteiger charge is 2.29. The van der Waals surface area contributed by atoms with Gasteiger partial charge in [-0.15, -0.1) is 0 Å². The number of anilines is 2. The first-order chi connectivity index (χ1) is 19.7. The number of fused-ring (bicyclic) bond motifs is 2. The number of benzene rings is 2. The molecule has 216 valence electrons. The van der Waals surface area contributed by atoms with Gasteiger partial charge in [0.2, 0.25) is 5.91 Å². The zero-order valence-electron chi connectivity index (χ0n) is 24.8. The Bertz CT molecular complexity index is 1440. The smallest absolute Gasteiger partial charge is 0.270 e. The number of aryl methyl sites for hydroxylation is 1. The van der Waals surface area contributed by atoms with Crippen molar-refractivity contribution >= 4 is 34.0 Å². The fourth-order valence-electron chi connectivity index (χ4n) is 6.01. The van der Waals surface area contributed by atoms with Crippen LogP contribution in [-0.2, 0) is 17.8 Å². The highest BCUT2D eigenvalue weighted by atomic mass is 16.2. The van der Waals surface area contributed by atoms with E-state index in [9.17, 15) is 9.59 Å². The Morgan fingerprint density at radius 1 is 1.05 bits per heavy atom. The maximum absolute atomic E-state index is 13.5. The average molecular weight is 555 g/mol. The van der Waals surface area contributed by atoms with E-state index in [1.54, 1.807) is 0 Å². The molecule has 2 aliphatic rings. The summed E-state index contributed by atoms with van der Waals surface area (Å²) in [5, 5.41) is 5.67. The molecule has 2 amide bonds. The van der Waals surface area contributed by atoms with Crippen LogP contribution in [-0.4, -0.2) is 86.0 Å². The SMILES string of the molecule is C=CC(=O)N1CCN(c2cc(C(=O)NC(C)CCN(C)C)nc3c2CCN(c2cccc4cccc(C)c24)C3)CC1. The number of hydrogen-bond donors (Lipinski definition) is 1. The predicted molar refractivity (Wildman–Crippen MR) is 167 cm³/mol. The Kier molecular flexibility index (Phi) is 8.59. The topological polar surface area (TPSA) is 72.0 Å². The first-order valence-corrected chi connectivity index (χ1v) is 14.6. The number of pyridine rings is 1. The normalized spacial score (nSPS) is 16.1. The average Bonchev–Trinajstić information content (AvgIpc) is 2.98. The number of hydrogen-bond acceptors (Lipinski definition) is 6. The van der Waals surface area contributed by atoms with Crippen LogP contribution >= 0.6 is 0 Å². The molecular weight excluding hydrogens is 512 g/mol. The van der Waals surface area contributed by atoms with E-state index < -0.39 is 0 Å². The monoisotopic (exact) mass is 554 g/mol. The Hall–Kier alpha value is -3.91. The molecule has 1 saturated heterocycles. The second kappa shape index (κ2) is 12.3. The maximum atomic E-state index is 13.5. The van der Waals surface area contributed by atoms with Crippen molar-refractivity contribution in [1.29, 1.82) is 0 Å². The summed E-state index contributed by atoms with van der Waals surface area (Å²) in [6.07, 6.45) is 3.09. The summed E-state index contributed by atoms with van der Waals surface area (Å²) in [6, 6.07) is 14.9. The number of nitrogens with zero attached hydrogens (tertiary/aromatic N) is 5. The first-order valence-electron chi connectivity index (χ1n) is 14.6. The van der Waals surface area contributed by atoms with Crippen LogP contribution in [0.25, 0.3) is 10.8 Å². The molecule has 1 aromatic heterocycles. The largest absolute Gasteiger partial charge is 0.368 e. The van der Waals surface area contributed by atoms with Gasteiger partial charge in [0.15, 0.2) is 0 Å². The molecule has 8 heteroatoms. The van der Waals surface area contributed by atoms with E-state index in [1.165, 1.54) is 33.7 Å². The minimum absolute atomic E-state index is 0.0331. The minimum Gasteiger partial charge on any atom is -0.368 e. The molecule has 3 aromatic rings. The van der Waals surface area contributed by atoms with Crippen LogP contribution in [0.15, 0.2) is 55.1 Å². The van der Waals surface area contributed by atoms with Crippen LogP contribution in [0.4, 0.5) is 11.4 Å². The Balaban J connectivity index is 1.47. The van der Waals surface area contributed by atoms with Gasteiger partial charge in [-0.05, 0) is 76.5 Å². The Morgan fingerprint density at radius 3 is 2.49 bits per heavy atom. The molecule has 41 heavy (non-hydrogen) atoms. The second-order valence-corrected chi connectivity index (χ2v) is 11.6. The van der Waals surface area contributed by atoms with Gasteiger partial charge >= 0.3 is 0 Å². The Labute approximate surface area is 243 Å². The van der Waals surface area contributed by atoms with Crippen molar-refractivity contribution in [3.8, 4) is 0 Å². The van der Waals surface area contributed by atoms with E-state index >= 15 is 0 Å². The molecule has 2 aliphatic heterocycles. The van der Waals surface area contributed by atoms with Gasteiger partial charge in [0.1, 0.15) is 5.69 Å². The van der Waals surface area contributed by atoms with Crippen LogP contribution in [0.5, 0.6) is 0 Å². The van der Waals surface area contributed by atoms with Gasteiger partial charge in [-0.3, -0.25) is 9.59 Å². The summed E-state index contributed by atoms with van der Waals surface area (Å²) in [5.74, 6) is -0.173. The lowest BCUT2D eigenvalue weighted by Gasteiger charge is -2.39. The summed E-state index contributed by atoms with van der Waals surface area (Å²) in [7, 11) is 4.08. The molecule has 0 bridgehead atoms. The van der Waals surface area contributed by atoms with Crippen molar-refractivity contribution in [2.24, 2.45) is 0 Å². The lowest BCUT2D eigenvalue weighted by Crippen LogP contribution is -2.49. The van der Waals surface area contributed by atoms with Crippen molar-refractivity contribution in [2.45, 2.75) is 39.3 Å². The number of piperazine rings is 1. The fraction of sp³-hybridized carbons (Fsp3) is 0.424. The highest BCUT2D eigenvalue weighted by Crippen LogP contribution is 2.35. The van der Waals surface area contributed by atoms with Gasteiger partial charge < -0.3 is 24.9 Å². The van der Waals surface area contributed by atoms with Crippen molar-refractivity contribution in [3.05, 3.63) is 77.6 Å². The number of carbonyl (C=O) groups excluding carboxylic acids is 2. The van der Waals surface area contributed by atoms with Gasteiger partial charge in [-0.2, -0.15) is 0 Å². The zero-order chi connectivity index (χ0) is 29.1. The van der Waals surface area contributed by atoms with Gasteiger partial charge in [0.25, 0.3) is 5.91 Å². The molecule has 1 unspecified atom stereocenters. The number of aromatic nitrogens is 1. The maximum Gasteiger partial charge on any atom is 0.270 e. The lowest BCUT2D eigenvalue weighted by atomic mass is 9.97. The third kappa shape index (κ3) is 6.22. The molecule has 5 rings (SSSR count). The molecule has 0 aliphatic carbocycles. The van der Waals surface area contributed by atoms with E-state index in [4.69, 9.17) is 4.98 Å². The molecule has 8 nitrogen and oxygen atoms in total. The summed E-state index contributed by atoms with van der Waals surface area (Å²) in [6.45, 7) is 12.9. The number of amides is 2. The summed E-state index contributed by atoms with van der Waals surface area (Å²) >= 11 is 0. The number of carbonyl (C=O) groups is 2. The summed E-state index contributed by atoms with van der Waals surface area (Å²) in [5.41, 5.74) is 6.15. The van der Waals surface area contributed by atoms with E-state index in [-0.39, 0.29) is 17.9 Å². The molecule has 1 N–H and O–H groups in total. The third-order valence-electron chi connectivity index (χ3n) is 8.32. The van der Waals surface area contributed by atoms with Crippen molar-refractivity contribution in [1.82, 2.24) is 20.1 Å². The lowest BCUT2D eigenvalue weighted by molar-refractivity contribution is -0.126. The quantitative estimate of drug-likeness (QED) is 0.425. The van der Waals surface area contributed by atoms with Crippen LogP contribution in [0, 0.1) is 6.92 Å². The second-order valence-electron chi connectivity index (χ2n) is 11.6. The van der Waals surface area contributed by atoms with Crippen molar-refractivity contribution in [3.63, 3.8) is 0 Å². The van der Waals surface area contributed by atoms with Crippen LogP contribution in [0.3, 0.4) is 0 Å². The summed E-state index contributed by atoms with van der Waals surface area (Å²) in [4.78, 5) is 39.3. The van der Waals surface area contributed by atoms with E-state index in [2.05, 4.69) is 69.9 Å². The fourth-order valence-corrected chi connectivity index (χ4v) is 6.01. The summed E-state index contributed by atoms with van der Waals surface area (Å²) < 4.78 is 0. The Morgan fingerprint density at radius 2 is 1.78 bits per heavy atom. The first kappa shape index (κ1) is 28.6. The molecule has 0 radical (unpaired) electrons. The third-order valence-corrected chi connectivity index (χ3v) is 8.32. The molecule has 2 aromatic carbocycles. The molecule has 1 fully saturated rings. The number of nitrogens with one attached hydrogen (secondary N) is 1. The van der Waals surface area contributed by atoms with E-state index in [0.29, 0.717) is 38.4 Å². The highest BCUT2D eigenvalue weighted by molar-refractivity contribution is 5.97. The van der Waals surface area contributed by atoms with Gasteiger partial charge in [0, 0.05) is 61.1 Å². The molecule has 0 saturated carbocycles. The molecule has 0 spiro atoms. The van der Waals surface area contributed by atoms with Crippen LogP contribution in [0.1, 0.15) is 40.7 Å². The van der Waals surface area contributed by atoms with Gasteiger partial charge in [-0.1, -0.05) is 36.9 Å². The minimum atomic E-state index is -0.140. The van der Waals surface area contributed by atoms with E-state index in [1.807, 2.05) is 32.0 Å². The molecule has 1 atom stereocenters. The predicted octanol–water partition coefficient (Wildman–Crippen LogP) is 4.01. The van der Waals surface area contributed by atoms with Crippen LogP contribution in [0.2, 0.25) is 0 Å². The zero-order valence-corrected chi connectivity index (χ0v) is 24.8. The molecule has 3 heterocycles. The standard InChI is InChI=1S/C33H42N6O2/c1-6-31(40)38-19-17-37(18-20-38)30-21-27(33(41)34-24(3)13-15-36(4)5)35-28-22-39(16-14-26(28)30)29-12-8-11-25-10-7-9-23(2)32(25)29/h6-12,21,24H,1,13-20,22H2,2-5H3,(H,34,41). The van der Waals surface area contributed by atoms with Gasteiger partial charge in [0.05, 0.1) is 12.2 Å². The van der Waals surface area contributed by atoms with Crippen molar-refractivity contribution in [2.75, 3.05) is 63.2 Å². The number of rotatable bonds is 8. The van der Waals surface area contributed by atoms with Crippen molar-refractivity contribution < 1.29 is 9.59 Å². The van der Waals surface area contributed by atoms with E-state index in [0.717, 1.165) is 37.3 Å². The van der Waals surface area contributed by atoms with Gasteiger partial charge in [-0.25, -0.2) is 4.98 Å². The van der Waals surface area contributed by atoms with Crippen LogP contribution < -0.4 is 15.1 Å². The molecular formula is C33H42N6O2.